The highest BCUT2D eigenvalue weighted by Crippen LogP contribution is 2.20. The Morgan fingerprint density at radius 1 is 1.47 bits per heavy atom. The average molecular weight is 301 g/mol. The van der Waals surface area contributed by atoms with Crippen molar-refractivity contribution in [3.8, 4) is 0 Å². The molecule has 2 aromatic heterocycles. The molecule has 0 spiro atoms. The molecule has 2 N–H and O–H groups in total. The molecular formula is C10H9ClN4O3S. The van der Waals surface area contributed by atoms with Gasteiger partial charge in [-0.25, -0.2) is 4.68 Å². The monoisotopic (exact) mass is 300 g/mol. The van der Waals surface area contributed by atoms with E-state index in [0.717, 1.165) is 9.56 Å². The van der Waals surface area contributed by atoms with Gasteiger partial charge in [0.1, 0.15) is 6.54 Å². The fraction of sp³-hybridized carbons (Fsp3) is 0.200. The molecule has 19 heavy (non-hydrogen) atoms. The van der Waals surface area contributed by atoms with Gasteiger partial charge in [0.15, 0.2) is 5.69 Å². The molecule has 0 saturated heterocycles. The van der Waals surface area contributed by atoms with Gasteiger partial charge in [0.05, 0.1) is 17.1 Å². The van der Waals surface area contributed by atoms with Crippen LogP contribution in [0.15, 0.2) is 18.3 Å². The number of rotatable bonds is 5. The van der Waals surface area contributed by atoms with Crippen molar-refractivity contribution in [2.24, 2.45) is 0 Å². The van der Waals surface area contributed by atoms with E-state index in [2.05, 4.69) is 15.6 Å². The Hall–Kier alpha value is -1.93. The molecule has 0 aromatic carbocycles. The highest BCUT2D eigenvalue weighted by Gasteiger charge is 2.12. The summed E-state index contributed by atoms with van der Waals surface area (Å²) in [6.45, 7) is 0.00280. The van der Waals surface area contributed by atoms with E-state index in [4.69, 9.17) is 16.7 Å². The maximum absolute atomic E-state index is 11.7. The lowest BCUT2D eigenvalue weighted by Crippen LogP contribution is -2.22. The van der Waals surface area contributed by atoms with Gasteiger partial charge in [-0.15, -0.1) is 16.4 Å². The smallest absolute Gasteiger partial charge is 0.325 e. The average Bonchev–Trinajstić information content (AvgIpc) is 2.95. The molecule has 0 unspecified atom stereocenters. The number of nitrogens with zero attached hydrogens (tertiary/aromatic N) is 3. The zero-order valence-corrected chi connectivity index (χ0v) is 11.1. The first kappa shape index (κ1) is 13.5. The predicted octanol–water partition coefficient (Wildman–Crippen LogP) is 1.01. The summed E-state index contributed by atoms with van der Waals surface area (Å²) in [6, 6.07) is 3.56. The molecule has 0 aliphatic heterocycles. The third-order valence-electron chi connectivity index (χ3n) is 2.12. The van der Waals surface area contributed by atoms with Crippen LogP contribution in [0.5, 0.6) is 0 Å². The molecule has 0 aliphatic carbocycles. The zero-order valence-electron chi connectivity index (χ0n) is 9.54. The van der Waals surface area contributed by atoms with Crippen LogP contribution in [0.4, 0.5) is 0 Å². The van der Waals surface area contributed by atoms with Gasteiger partial charge in [0, 0.05) is 4.88 Å². The lowest BCUT2D eigenvalue weighted by atomic mass is 10.4. The summed E-state index contributed by atoms with van der Waals surface area (Å²) in [4.78, 5) is 23.1. The lowest BCUT2D eigenvalue weighted by Gasteiger charge is -1.99. The van der Waals surface area contributed by atoms with Crippen molar-refractivity contribution >= 4 is 34.8 Å². The molecule has 9 heteroatoms. The van der Waals surface area contributed by atoms with E-state index < -0.39 is 11.9 Å². The zero-order chi connectivity index (χ0) is 13.8. The van der Waals surface area contributed by atoms with Gasteiger partial charge in [0.2, 0.25) is 0 Å². The van der Waals surface area contributed by atoms with Gasteiger partial charge in [-0.05, 0) is 12.1 Å². The van der Waals surface area contributed by atoms with Crippen LogP contribution in [0, 0.1) is 0 Å². The third kappa shape index (κ3) is 3.76. The molecule has 0 aliphatic rings. The largest absolute Gasteiger partial charge is 0.480 e. The second-order valence-corrected chi connectivity index (χ2v) is 5.38. The minimum Gasteiger partial charge on any atom is -0.480 e. The molecule has 0 saturated carbocycles. The molecular weight excluding hydrogens is 292 g/mol. The van der Waals surface area contributed by atoms with E-state index in [1.54, 1.807) is 6.07 Å². The van der Waals surface area contributed by atoms with Gasteiger partial charge in [-0.2, -0.15) is 0 Å². The number of halogens is 1. The van der Waals surface area contributed by atoms with Crippen molar-refractivity contribution in [1.29, 1.82) is 0 Å². The van der Waals surface area contributed by atoms with Crippen LogP contribution in [0.3, 0.4) is 0 Å². The number of amides is 1. The number of thiophene rings is 1. The van der Waals surface area contributed by atoms with Crippen LogP contribution in [-0.2, 0) is 17.9 Å². The van der Waals surface area contributed by atoms with E-state index in [-0.39, 0.29) is 12.2 Å². The molecule has 0 bridgehead atoms. The summed E-state index contributed by atoms with van der Waals surface area (Å²) in [5.74, 6) is -1.47. The number of nitrogens with one attached hydrogen (secondary N) is 1. The number of carbonyl (C=O) groups is 2. The number of carbonyl (C=O) groups excluding carboxylic acids is 1. The second-order valence-electron chi connectivity index (χ2n) is 3.58. The minimum absolute atomic E-state index is 0.0731. The van der Waals surface area contributed by atoms with E-state index in [0.29, 0.717) is 10.9 Å². The molecule has 2 rings (SSSR count). The molecule has 0 fully saturated rings. The van der Waals surface area contributed by atoms with Crippen molar-refractivity contribution in [2.75, 3.05) is 0 Å². The Morgan fingerprint density at radius 2 is 2.26 bits per heavy atom. The molecule has 1 amide bonds. The van der Waals surface area contributed by atoms with Gasteiger partial charge >= 0.3 is 5.97 Å². The van der Waals surface area contributed by atoms with Crippen molar-refractivity contribution in [1.82, 2.24) is 20.3 Å². The first-order valence-electron chi connectivity index (χ1n) is 5.19. The second kappa shape index (κ2) is 5.81. The van der Waals surface area contributed by atoms with Crippen molar-refractivity contribution in [3.63, 3.8) is 0 Å². The van der Waals surface area contributed by atoms with Crippen LogP contribution in [0.1, 0.15) is 15.4 Å². The van der Waals surface area contributed by atoms with Crippen LogP contribution in [0.2, 0.25) is 4.34 Å². The van der Waals surface area contributed by atoms with Crippen LogP contribution in [-0.4, -0.2) is 32.0 Å². The van der Waals surface area contributed by atoms with E-state index in [1.807, 2.05) is 6.07 Å². The minimum atomic E-state index is -1.05. The topological polar surface area (TPSA) is 97.1 Å². The SMILES string of the molecule is O=C(O)Cn1cc(C(=O)NCc2ccc(Cl)s2)nn1. The molecule has 2 aromatic rings. The molecule has 100 valence electrons. The fourth-order valence-electron chi connectivity index (χ4n) is 1.32. The van der Waals surface area contributed by atoms with E-state index in [1.165, 1.54) is 17.5 Å². The molecule has 2 heterocycles. The number of hydrogen-bond acceptors (Lipinski definition) is 5. The van der Waals surface area contributed by atoms with Crippen molar-refractivity contribution in [3.05, 3.63) is 33.2 Å². The number of carboxylic acid groups (broad SMARTS) is 1. The molecule has 0 atom stereocenters. The summed E-state index contributed by atoms with van der Waals surface area (Å²) in [6.07, 6.45) is 1.28. The fourth-order valence-corrected chi connectivity index (χ4v) is 2.35. The normalized spacial score (nSPS) is 10.4. The summed E-state index contributed by atoms with van der Waals surface area (Å²) < 4.78 is 1.73. The van der Waals surface area contributed by atoms with Crippen molar-refractivity contribution in [2.45, 2.75) is 13.1 Å². The highest BCUT2D eigenvalue weighted by atomic mass is 35.5. The van der Waals surface area contributed by atoms with Crippen LogP contribution < -0.4 is 5.32 Å². The van der Waals surface area contributed by atoms with Gasteiger partial charge in [-0.3, -0.25) is 9.59 Å². The standard InChI is InChI=1S/C10H9ClN4O3S/c11-8-2-1-6(19-8)3-12-10(18)7-4-15(14-13-7)5-9(16)17/h1-2,4H,3,5H2,(H,12,18)(H,16,17). The third-order valence-corrected chi connectivity index (χ3v) is 3.35. The Bertz CT molecular complexity index is 609. The van der Waals surface area contributed by atoms with Gasteiger partial charge in [0.25, 0.3) is 5.91 Å². The first-order valence-corrected chi connectivity index (χ1v) is 6.38. The molecule has 0 radical (unpaired) electrons. The Kier molecular flexibility index (Phi) is 4.13. The quantitative estimate of drug-likeness (QED) is 0.859. The number of aliphatic carboxylic acids is 1. The lowest BCUT2D eigenvalue weighted by molar-refractivity contribution is -0.137. The predicted molar refractivity (Wildman–Crippen MR) is 68.2 cm³/mol. The number of carboxylic acids is 1. The van der Waals surface area contributed by atoms with Gasteiger partial charge in [-0.1, -0.05) is 16.8 Å². The van der Waals surface area contributed by atoms with E-state index in [9.17, 15) is 9.59 Å². The van der Waals surface area contributed by atoms with E-state index >= 15 is 0 Å². The first-order chi connectivity index (χ1) is 9.04. The summed E-state index contributed by atoms with van der Waals surface area (Å²) in [5, 5.41) is 18.4. The Morgan fingerprint density at radius 3 is 2.89 bits per heavy atom. The summed E-state index contributed by atoms with van der Waals surface area (Å²) in [5.41, 5.74) is 0.0731. The Labute approximate surface area is 116 Å². The molecule has 7 nitrogen and oxygen atoms in total. The number of aromatic nitrogens is 3. The highest BCUT2D eigenvalue weighted by molar-refractivity contribution is 7.16. The summed E-state index contributed by atoms with van der Waals surface area (Å²) in [7, 11) is 0. The van der Waals surface area contributed by atoms with Crippen molar-refractivity contribution < 1.29 is 14.7 Å². The summed E-state index contributed by atoms with van der Waals surface area (Å²) >= 11 is 7.14. The van der Waals surface area contributed by atoms with Crippen LogP contribution >= 0.6 is 22.9 Å². The number of hydrogen-bond donors (Lipinski definition) is 2. The maximum atomic E-state index is 11.7. The van der Waals surface area contributed by atoms with Gasteiger partial charge < -0.3 is 10.4 Å². The van der Waals surface area contributed by atoms with Crippen LogP contribution in [0.25, 0.3) is 0 Å². The maximum Gasteiger partial charge on any atom is 0.325 e. The Balaban J connectivity index is 1.92.